The molecular weight excluding hydrogens is 398 g/mol. The van der Waals surface area contributed by atoms with Crippen LogP contribution in [0, 0.1) is 0 Å². The van der Waals surface area contributed by atoms with Gasteiger partial charge in [0.05, 0.1) is 6.61 Å². The Kier molecular flexibility index (Phi) is 6.85. The number of hydrogen-bond donors (Lipinski definition) is 3. The number of carbonyl (C=O) groups is 3. The summed E-state index contributed by atoms with van der Waals surface area (Å²) in [6, 6.07) is 19.4. The first kappa shape index (κ1) is 21.4. The lowest BCUT2D eigenvalue weighted by molar-refractivity contribution is 0.101. The second-order valence-corrected chi connectivity index (χ2v) is 6.42. The molecule has 8 heteroatoms. The van der Waals surface area contributed by atoms with Crippen molar-refractivity contribution >= 4 is 35.0 Å². The summed E-state index contributed by atoms with van der Waals surface area (Å²) in [4.78, 5) is 36.2. The molecule has 0 radical (unpaired) electrons. The summed E-state index contributed by atoms with van der Waals surface area (Å²) in [5.74, 6) is -0.382. The molecule has 2 amide bonds. The van der Waals surface area contributed by atoms with Crippen LogP contribution in [0.25, 0.3) is 0 Å². The molecule has 0 fully saturated rings. The van der Waals surface area contributed by atoms with Crippen LogP contribution in [0.5, 0.6) is 5.75 Å². The largest absolute Gasteiger partial charge is 0.513 e. The first-order valence-electron chi connectivity index (χ1n) is 9.47. The van der Waals surface area contributed by atoms with E-state index in [0.29, 0.717) is 28.2 Å². The number of anilines is 3. The van der Waals surface area contributed by atoms with Crippen LogP contribution in [-0.4, -0.2) is 24.6 Å². The van der Waals surface area contributed by atoms with E-state index in [4.69, 9.17) is 15.2 Å². The SMILES string of the molecule is CCOC(=O)Oc1ccc(C(=O)Nc2cccc(NC(=O)c3ccc(N)cc3)c2)cc1. The predicted octanol–water partition coefficient (Wildman–Crippen LogP) is 4.31. The Bertz CT molecular complexity index is 1080. The van der Waals surface area contributed by atoms with Gasteiger partial charge in [0.25, 0.3) is 11.8 Å². The molecule has 8 nitrogen and oxygen atoms in total. The molecule has 158 valence electrons. The lowest BCUT2D eigenvalue weighted by Gasteiger charge is -2.10. The monoisotopic (exact) mass is 419 g/mol. The molecule has 0 spiro atoms. The fourth-order valence-corrected chi connectivity index (χ4v) is 2.63. The Hall–Kier alpha value is -4.33. The van der Waals surface area contributed by atoms with Crippen LogP contribution in [0.1, 0.15) is 27.6 Å². The van der Waals surface area contributed by atoms with Gasteiger partial charge in [0.15, 0.2) is 0 Å². The smallest absolute Gasteiger partial charge is 0.434 e. The van der Waals surface area contributed by atoms with E-state index < -0.39 is 6.16 Å². The number of nitrogens with two attached hydrogens (primary N) is 1. The van der Waals surface area contributed by atoms with E-state index in [1.807, 2.05) is 0 Å². The summed E-state index contributed by atoms with van der Waals surface area (Å²) in [5, 5.41) is 5.54. The molecule has 3 aromatic carbocycles. The third-order valence-electron chi connectivity index (χ3n) is 4.13. The molecule has 4 N–H and O–H groups in total. The highest BCUT2D eigenvalue weighted by Crippen LogP contribution is 2.19. The van der Waals surface area contributed by atoms with Crippen LogP contribution in [0.4, 0.5) is 21.9 Å². The second-order valence-electron chi connectivity index (χ2n) is 6.42. The van der Waals surface area contributed by atoms with Crippen LogP contribution in [-0.2, 0) is 4.74 Å². The third kappa shape index (κ3) is 6.07. The minimum absolute atomic E-state index is 0.207. The van der Waals surface area contributed by atoms with Crippen LogP contribution in [0.15, 0.2) is 72.8 Å². The van der Waals surface area contributed by atoms with E-state index in [9.17, 15) is 14.4 Å². The van der Waals surface area contributed by atoms with Gasteiger partial charge in [0.1, 0.15) is 5.75 Å². The van der Waals surface area contributed by atoms with Crippen molar-refractivity contribution in [3.05, 3.63) is 83.9 Å². The van der Waals surface area contributed by atoms with Gasteiger partial charge in [-0.25, -0.2) is 4.79 Å². The van der Waals surface area contributed by atoms with Crippen molar-refractivity contribution in [2.75, 3.05) is 23.0 Å². The number of amides is 2. The molecule has 0 saturated carbocycles. The van der Waals surface area contributed by atoms with E-state index >= 15 is 0 Å². The summed E-state index contributed by atoms with van der Waals surface area (Å²) >= 11 is 0. The maximum absolute atomic E-state index is 12.5. The first-order valence-corrected chi connectivity index (χ1v) is 9.47. The molecule has 3 aromatic rings. The standard InChI is InChI=1S/C23H21N3O5/c1-2-30-23(29)31-20-12-8-16(9-13-20)22(28)26-19-5-3-4-18(14-19)25-21(27)15-6-10-17(24)11-7-15/h3-14H,2,24H2,1H3,(H,25,27)(H,26,28). The highest BCUT2D eigenvalue weighted by molar-refractivity contribution is 6.06. The Morgan fingerprint density at radius 3 is 1.84 bits per heavy atom. The van der Waals surface area contributed by atoms with Gasteiger partial charge in [0.2, 0.25) is 0 Å². The molecule has 0 aliphatic heterocycles. The van der Waals surface area contributed by atoms with Gasteiger partial charge in [-0.15, -0.1) is 0 Å². The highest BCUT2D eigenvalue weighted by Gasteiger charge is 2.10. The molecule has 0 aromatic heterocycles. The zero-order chi connectivity index (χ0) is 22.2. The lowest BCUT2D eigenvalue weighted by atomic mass is 10.2. The van der Waals surface area contributed by atoms with Gasteiger partial charge in [-0.05, 0) is 73.7 Å². The van der Waals surface area contributed by atoms with Gasteiger partial charge in [0, 0.05) is 28.2 Å². The molecule has 0 heterocycles. The maximum Gasteiger partial charge on any atom is 0.513 e. The number of hydrogen-bond acceptors (Lipinski definition) is 6. The van der Waals surface area contributed by atoms with Gasteiger partial charge in [-0.3, -0.25) is 9.59 Å². The van der Waals surface area contributed by atoms with E-state index in [-0.39, 0.29) is 24.2 Å². The minimum Gasteiger partial charge on any atom is -0.434 e. The van der Waals surface area contributed by atoms with Crippen molar-refractivity contribution in [2.24, 2.45) is 0 Å². The number of nitrogens with one attached hydrogen (secondary N) is 2. The summed E-state index contributed by atoms with van der Waals surface area (Å²) in [7, 11) is 0. The van der Waals surface area contributed by atoms with Crippen molar-refractivity contribution in [3.63, 3.8) is 0 Å². The van der Waals surface area contributed by atoms with Crippen molar-refractivity contribution in [1.82, 2.24) is 0 Å². The first-order chi connectivity index (χ1) is 14.9. The number of rotatable bonds is 6. The van der Waals surface area contributed by atoms with Crippen LogP contribution >= 0.6 is 0 Å². The summed E-state index contributed by atoms with van der Waals surface area (Å²) in [6.07, 6.45) is -0.808. The number of ether oxygens (including phenoxy) is 2. The van der Waals surface area contributed by atoms with E-state index in [2.05, 4.69) is 10.6 Å². The van der Waals surface area contributed by atoms with E-state index in [1.165, 1.54) is 24.3 Å². The number of carbonyl (C=O) groups excluding carboxylic acids is 3. The zero-order valence-electron chi connectivity index (χ0n) is 16.8. The fourth-order valence-electron chi connectivity index (χ4n) is 2.63. The Balaban J connectivity index is 1.62. The van der Waals surface area contributed by atoms with Crippen molar-refractivity contribution in [3.8, 4) is 5.75 Å². The fraction of sp³-hybridized carbons (Fsp3) is 0.0870. The Morgan fingerprint density at radius 2 is 1.32 bits per heavy atom. The molecule has 3 rings (SSSR count). The molecule has 0 atom stereocenters. The average molecular weight is 419 g/mol. The molecule has 0 aliphatic carbocycles. The third-order valence-corrected chi connectivity index (χ3v) is 4.13. The quantitative estimate of drug-likeness (QED) is 0.311. The summed E-state index contributed by atoms with van der Waals surface area (Å²) in [5.41, 5.74) is 8.07. The number of benzene rings is 3. The zero-order valence-corrected chi connectivity index (χ0v) is 16.8. The van der Waals surface area contributed by atoms with Crippen molar-refractivity contribution in [1.29, 1.82) is 0 Å². The molecule has 0 unspecified atom stereocenters. The second kappa shape index (κ2) is 9.93. The molecule has 31 heavy (non-hydrogen) atoms. The minimum atomic E-state index is -0.808. The van der Waals surface area contributed by atoms with Gasteiger partial charge in [-0.1, -0.05) is 6.07 Å². The molecule has 0 saturated heterocycles. The van der Waals surface area contributed by atoms with E-state index in [0.717, 1.165) is 0 Å². The van der Waals surface area contributed by atoms with Gasteiger partial charge < -0.3 is 25.8 Å². The number of nitrogen functional groups attached to an aromatic ring is 1. The topological polar surface area (TPSA) is 120 Å². The van der Waals surface area contributed by atoms with Gasteiger partial charge >= 0.3 is 6.16 Å². The van der Waals surface area contributed by atoms with Crippen LogP contribution in [0.2, 0.25) is 0 Å². The highest BCUT2D eigenvalue weighted by atomic mass is 16.7. The van der Waals surface area contributed by atoms with Crippen molar-refractivity contribution in [2.45, 2.75) is 6.92 Å². The van der Waals surface area contributed by atoms with Gasteiger partial charge in [-0.2, -0.15) is 0 Å². The van der Waals surface area contributed by atoms with Crippen LogP contribution < -0.4 is 21.1 Å². The van der Waals surface area contributed by atoms with E-state index in [1.54, 1.807) is 55.5 Å². The van der Waals surface area contributed by atoms with Crippen LogP contribution in [0.3, 0.4) is 0 Å². The molecular formula is C23H21N3O5. The average Bonchev–Trinajstić information content (AvgIpc) is 2.75. The maximum atomic E-state index is 12.5. The van der Waals surface area contributed by atoms with Crippen molar-refractivity contribution < 1.29 is 23.9 Å². The molecule has 0 bridgehead atoms. The summed E-state index contributed by atoms with van der Waals surface area (Å²) in [6.45, 7) is 1.88. The Labute approximate surface area is 179 Å². The Morgan fingerprint density at radius 1 is 0.806 bits per heavy atom. The normalized spacial score (nSPS) is 10.1. The lowest BCUT2D eigenvalue weighted by Crippen LogP contribution is -2.14. The molecule has 0 aliphatic rings. The predicted molar refractivity (Wildman–Crippen MR) is 117 cm³/mol. The summed E-state index contributed by atoms with van der Waals surface area (Å²) < 4.78 is 9.66.